The molecule has 0 amide bonds. The molecular formula is C11H18N2O3. The fourth-order valence-electron chi connectivity index (χ4n) is 0.449. The number of rotatable bonds is 0. The fraction of sp³-hybridized carbons (Fsp3) is 0.364. The first-order valence-corrected chi connectivity index (χ1v) is 5.11. The van der Waals surface area contributed by atoms with Crippen LogP contribution >= 0.6 is 0 Å². The third-order valence-electron chi connectivity index (χ3n) is 1.12. The maximum Gasteiger partial charge on any atom is 0.438 e. The van der Waals surface area contributed by atoms with Crippen LogP contribution in [0, 0.1) is 0 Å². The lowest BCUT2D eigenvalue weighted by Crippen LogP contribution is -2.02. The molecule has 1 aliphatic carbocycles. The molecular weight excluding hydrogens is 208 g/mol. The Hall–Kier alpha value is -1.91. The van der Waals surface area contributed by atoms with E-state index < -0.39 is 5.76 Å². The van der Waals surface area contributed by atoms with E-state index in [-0.39, 0.29) is 5.78 Å². The van der Waals surface area contributed by atoms with Gasteiger partial charge in [0.25, 0.3) is 0 Å². The van der Waals surface area contributed by atoms with Crippen LogP contribution in [-0.2, 0) is 4.79 Å². The van der Waals surface area contributed by atoms with Gasteiger partial charge in [-0.15, -0.1) is 0 Å². The molecule has 1 aromatic heterocycles. The SMILES string of the molecule is C=C1C=CC1=O.CC.CC.O=c1[nH]cno1. The average Bonchev–Trinajstić information content (AvgIpc) is 2.84. The van der Waals surface area contributed by atoms with E-state index in [1.807, 2.05) is 27.7 Å². The normalized spacial score (nSPS) is 10.8. The number of carbonyl (C=O) groups excluding carboxylic acids is 1. The summed E-state index contributed by atoms with van der Waals surface area (Å²) in [4.78, 5) is 22.0. The summed E-state index contributed by atoms with van der Waals surface area (Å²) in [5.74, 6) is -0.454. The summed E-state index contributed by atoms with van der Waals surface area (Å²) < 4.78 is 3.97. The fourth-order valence-corrected chi connectivity index (χ4v) is 0.449. The van der Waals surface area contributed by atoms with E-state index in [1.54, 1.807) is 6.08 Å². The number of H-pyrrole nitrogens is 1. The van der Waals surface area contributed by atoms with Crippen LogP contribution in [0.4, 0.5) is 0 Å². The van der Waals surface area contributed by atoms with Gasteiger partial charge in [0.05, 0.1) is 0 Å². The Morgan fingerprint density at radius 3 is 1.75 bits per heavy atom. The van der Waals surface area contributed by atoms with E-state index in [2.05, 4.69) is 21.2 Å². The molecule has 1 heterocycles. The third kappa shape index (κ3) is 7.49. The van der Waals surface area contributed by atoms with Crippen molar-refractivity contribution in [1.29, 1.82) is 0 Å². The van der Waals surface area contributed by atoms with Crippen LogP contribution in [0.15, 0.2) is 39.9 Å². The van der Waals surface area contributed by atoms with E-state index in [9.17, 15) is 9.59 Å². The highest BCUT2D eigenvalue weighted by atomic mass is 16.5. The number of aromatic nitrogens is 2. The van der Waals surface area contributed by atoms with Crippen LogP contribution < -0.4 is 5.76 Å². The van der Waals surface area contributed by atoms with Crippen LogP contribution in [0.25, 0.3) is 0 Å². The van der Waals surface area contributed by atoms with Gasteiger partial charge in [0.2, 0.25) is 0 Å². The van der Waals surface area contributed by atoms with E-state index >= 15 is 0 Å². The quantitative estimate of drug-likeness (QED) is 0.687. The van der Waals surface area contributed by atoms with Gasteiger partial charge in [-0.2, -0.15) is 0 Å². The summed E-state index contributed by atoms with van der Waals surface area (Å²) in [6.45, 7) is 11.4. The topological polar surface area (TPSA) is 76.0 Å². The molecule has 5 heteroatoms. The van der Waals surface area contributed by atoms with Crippen molar-refractivity contribution in [2.45, 2.75) is 27.7 Å². The monoisotopic (exact) mass is 226 g/mol. The van der Waals surface area contributed by atoms with Gasteiger partial charge in [-0.05, 0) is 12.2 Å². The van der Waals surface area contributed by atoms with Gasteiger partial charge < -0.3 is 0 Å². The zero-order chi connectivity index (χ0) is 13.0. The molecule has 0 aromatic carbocycles. The highest BCUT2D eigenvalue weighted by Gasteiger charge is 2.05. The minimum absolute atomic E-state index is 0.0648. The van der Waals surface area contributed by atoms with E-state index in [4.69, 9.17) is 0 Å². The van der Waals surface area contributed by atoms with Crippen LogP contribution in [0.3, 0.4) is 0 Å². The second-order valence-corrected chi connectivity index (χ2v) is 1.98. The maximum atomic E-state index is 10.0. The molecule has 0 spiro atoms. The molecule has 0 saturated carbocycles. The first kappa shape index (κ1) is 16.5. The number of nitrogens with one attached hydrogen (secondary N) is 1. The van der Waals surface area contributed by atoms with Gasteiger partial charge in [-0.25, -0.2) is 4.79 Å². The van der Waals surface area contributed by atoms with Crippen molar-refractivity contribution in [1.82, 2.24) is 10.1 Å². The van der Waals surface area contributed by atoms with Crippen LogP contribution in [0.1, 0.15) is 27.7 Å². The Morgan fingerprint density at radius 2 is 1.69 bits per heavy atom. The lowest BCUT2D eigenvalue weighted by Gasteiger charge is -1.98. The van der Waals surface area contributed by atoms with Gasteiger partial charge in [-0.1, -0.05) is 39.4 Å². The van der Waals surface area contributed by atoms with Gasteiger partial charge in [-0.3, -0.25) is 14.3 Å². The van der Waals surface area contributed by atoms with Crippen LogP contribution in [0.5, 0.6) is 0 Å². The number of hydrogen-bond acceptors (Lipinski definition) is 4. The smallest absolute Gasteiger partial charge is 0.296 e. The highest BCUT2D eigenvalue weighted by Crippen LogP contribution is 2.05. The molecule has 16 heavy (non-hydrogen) atoms. The third-order valence-corrected chi connectivity index (χ3v) is 1.12. The zero-order valence-electron chi connectivity index (χ0n) is 10.1. The Labute approximate surface area is 94.9 Å². The molecule has 2 rings (SSSR count). The number of ketones is 1. The predicted molar refractivity (Wildman–Crippen MR) is 63.1 cm³/mol. The second kappa shape index (κ2) is 11.2. The van der Waals surface area contributed by atoms with E-state index in [0.29, 0.717) is 5.57 Å². The lowest BCUT2D eigenvalue weighted by atomic mass is 10.0. The Kier molecular flexibility index (Phi) is 11.5. The minimum atomic E-state index is -0.519. The first-order valence-electron chi connectivity index (χ1n) is 5.11. The van der Waals surface area contributed by atoms with Crippen molar-refractivity contribution in [3.63, 3.8) is 0 Å². The first-order chi connectivity index (χ1) is 7.70. The predicted octanol–water partition coefficient (Wildman–Crippen LogP) is 2.10. The highest BCUT2D eigenvalue weighted by molar-refractivity contribution is 6.12. The van der Waals surface area contributed by atoms with E-state index in [0.717, 1.165) is 0 Å². The van der Waals surface area contributed by atoms with Crippen molar-refractivity contribution in [2.75, 3.05) is 0 Å². The molecule has 5 nitrogen and oxygen atoms in total. The van der Waals surface area contributed by atoms with Crippen molar-refractivity contribution in [2.24, 2.45) is 0 Å². The molecule has 0 bridgehead atoms. The summed E-state index contributed by atoms with van der Waals surface area (Å²) in [6, 6.07) is 0. The standard InChI is InChI=1S/C5H4O.C2H2N2O2.2C2H6/c1-4-2-3-5(4)6;5-2-3-1-4-6-2;2*1-2/h2-3H,1H2;1H,(H,3,4,5);2*1-2H3. The molecule has 0 saturated heterocycles. The average molecular weight is 226 g/mol. The van der Waals surface area contributed by atoms with Gasteiger partial charge in [0.1, 0.15) is 6.33 Å². The molecule has 1 aromatic rings. The summed E-state index contributed by atoms with van der Waals surface area (Å²) in [5, 5.41) is 3.08. The molecule has 1 aliphatic rings. The number of nitrogens with zero attached hydrogens (tertiary/aromatic N) is 1. The Bertz CT molecular complexity index is 342. The Morgan fingerprint density at radius 1 is 1.19 bits per heavy atom. The van der Waals surface area contributed by atoms with Crippen molar-refractivity contribution >= 4 is 5.78 Å². The number of hydrogen-bond donors (Lipinski definition) is 1. The molecule has 0 aliphatic heterocycles. The van der Waals surface area contributed by atoms with Gasteiger partial charge >= 0.3 is 5.76 Å². The number of aromatic amines is 1. The molecule has 0 unspecified atom stereocenters. The second-order valence-electron chi connectivity index (χ2n) is 1.98. The summed E-state index contributed by atoms with van der Waals surface area (Å²) in [5.41, 5.74) is 0.620. The van der Waals surface area contributed by atoms with Crippen molar-refractivity contribution in [3.8, 4) is 0 Å². The van der Waals surface area contributed by atoms with Crippen molar-refractivity contribution < 1.29 is 9.32 Å². The molecule has 90 valence electrons. The summed E-state index contributed by atoms with van der Waals surface area (Å²) in [6.07, 6.45) is 4.38. The number of carbonyl (C=O) groups is 1. The maximum absolute atomic E-state index is 10.0. The van der Waals surface area contributed by atoms with Crippen LogP contribution in [-0.4, -0.2) is 15.9 Å². The lowest BCUT2D eigenvalue weighted by molar-refractivity contribution is -0.111. The van der Waals surface area contributed by atoms with Gasteiger partial charge in [0.15, 0.2) is 5.78 Å². The summed E-state index contributed by atoms with van der Waals surface area (Å²) >= 11 is 0. The summed E-state index contributed by atoms with van der Waals surface area (Å²) in [7, 11) is 0. The van der Waals surface area contributed by atoms with E-state index in [1.165, 1.54) is 12.4 Å². The molecule has 0 fully saturated rings. The van der Waals surface area contributed by atoms with Gasteiger partial charge in [0, 0.05) is 5.57 Å². The molecule has 0 radical (unpaired) electrons. The Balaban J connectivity index is 0. The minimum Gasteiger partial charge on any atom is -0.296 e. The number of allylic oxidation sites excluding steroid dienone is 3. The largest absolute Gasteiger partial charge is 0.438 e. The van der Waals surface area contributed by atoms with Crippen molar-refractivity contribution in [3.05, 3.63) is 41.2 Å². The zero-order valence-corrected chi connectivity index (χ0v) is 10.1. The van der Waals surface area contributed by atoms with Crippen LogP contribution in [0.2, 0.25) is 0 Å². The molecule has 1 N–H and O–H groups in total. The molecule has 0 atom stereocenters.